The van der Waals surface area contributed by atoms with Crippen molar-refractivity contribution in [3.63, 3.8) is 0 Å². The van der Waals surface area contributed by atoms with Crippen molar-refractivity contribution in [2.24, 2.45) is 0 Å². The maximum Gasteiger partial charge on any atom is 0.573 e. The first kappa shape index (κ1) is 12.6. The van der Waals surface area contributed by atoms with Gasteiger partial charge >= 0.3 is 6.36 Å². The van der Waals surface area contributed by atoms with Crippen LogP contribution in [0, 0.1) is 5.95 Å². The highest BCUT2D eigenvalue weighted by atomic mass is 19.4. The van der Waals surface area contributed by atoms with E-state index in [2.05, 4.69) is 9.72 Å². The van der Waals surface area contributed by atoms with Crippen LogP contribution in [0.4, 0.5) is 22.0 Å². The molecule has 1 aromatic rings. The van der Waals surface area contributed by atoms with Gasteiger partial charge in [0.15, 0.2) is 5.75 Å². The Hall–Kier alpha value is -1.44. The lowest BCUT2D eigenvalue weighted by molar-refractivity contribution is -0.275. The van der Waals surface area contributed by atoms with Crippen molar-refractivity contribution >= 4 is 0 Å². The average Bonchev–Trinajstić information content (AvgIpc) is 2.18. The molecule has 0 aliphatic rings. The second-order valence-electron chi connectivity index (χ2n) is 2.72. The molecule has 8 heteroatoms. The molecular formula is C8H6F5NO2. The summed E-state index contributed by atoms with van der Waals surface area (Å²) in [7, 11) is 0. The zero-order chi connectivity index (χ0) is 12.3. The number of halogens is 5. The van der Waals surface area contributed by atoms with E-state index in [1.165, 1.54) is 0 Å². The number of nitrogens with zero attached hydrogens (tertiary/aromatic N) is 1. The molecule has 0 saturated heterocycles. The fraction of sp³-hybridized carbons (Fsp3) is 0.375. The largest absolute Gasteiger partial charge is 0.573 e. The molecule has 1 N–H and O–H groups in total. The van der Waals surface area contributed by atoms with Gasteiger partial charge in [0.25, 0.3) is 5.95 Å². The van der Waals surface area contributed by atoms with Gasteiger partial charge in [0.1, 0.15) is 6.67 Å². The molecule has 0 aliphatic carbocycles. The molecule has 0 saturated carbocycles. The Morgan fingerprint density at radius 3 is 2.44 bits per heavy atom. The highest BCUT2D eigenvalue weighted by molar-refractivity contribution is 5.30. The van der Waals surface area contributed by atoms with Crippen LogP contribution in [0.1, 0.15) is 11.3 Å². The predicted octanol–water partition coefficient (Wildman–Crippen LogP) is 2.08. The summed E-state index contributed by atoms with van der Waals surface area (Å²) in [4.78, 5) is 2.92. The zero-order valence-corrected chi connectivity index (χ0v) is 7.68. The second kappa shape index (κ2) is 4.60. The van der Waals surface area contributed by atoms with Crippen LogP contribution in [0.25, 0.3) is 0 Å². The van der Waals surface area contributed by atoms with E-state index in [0.29, 0.717) is 6.07 Å². The molecule has 16 heavy (non-hydrogen) atoms. The maximum atomic E-state index is 12.9. The van der Waals surface area contributed by atoms with Gasteiger partial charge in [-0.1, -0.05) is 0 Å². The van der Waals surface area contributed by atoms with Crippen molar-refractivity contribution in [2.75, 3.05) is 0 Å². The maximum absolute atomic E-state index is 12.9. The smallest absolute Gasteiger partial charge is 0.401 e. The normalized spacial score (nSPS) is 11.6. The summed E-state index contributed by atoms with van der Waals surface area (Å²) in [6, 6.07) is 0.560. The molecule has 0 fully saturated rings. The fourth-order valence-corrected chi connectivity index (χ4v) is 0.995. The Morgan fingerprint density at radius 2 is 2.00 bits per heavy atom. The number of ether oxygens (including phenoxy) is 1. The minimum absolute atomic E-state index is 0.261. The summed E-state index contributed by atoms with van der Waals surface area (Å²) in [5.41, 5.74) is -0.724. The van der Waals surface area contributed by atoms with Crippen molar-refractivity contribution in [1.29, 1.82) is 0 Å². The Morgan fingerprint density at radius 1 is 1.38 bits per heavy atom. The lowest BCUT2D eigenvalue weighted by Gasteiger charge is -2.11. The molecule has 0 unspecified atom stereocenters. The Balaban J connectivity index is 3.11. The molecule has 1 rings (SSSR count). The monoisotopic (exact) mass is 243 g/mol. The van der Waals surface area contributed by atoms with E-state index in [9.17, 15) is 22.0 Å². The number of alkyl halides is 4. The molecule has 0 radical (unpaired) electrons. The molecule has 0 bridgehead atoms. The molecule has 0 aliphatic heterocycles. The van der Waals surface area contributed by atoms with Crippen LogP contribution in [0.5, 0.6) is 5.75 Å². The number of aromatic nitrogens is 1. The quantitative estimate of drug-likeness (QED) is 0.652. The van der Waals surface area contributed by atoms with E-state index in [1.54, 1.807) is 0 Å². The number of hydrogen-bond acceptors (Lipinski definition) is 3. The van der Waals surface area contributed by atoms with E-state index >= 15 is 0 Å². The van der Waals surface area contributed by atoms with Gasteiger partial charge in [-0.25, -0.2) is 9.37 Å². The van der Waals surface area contributed by atoms with Gasteiger partial charge in [-0.3, -0.25) is 0 Å². The standard InChI is InChI=1S/C8H6F5NO2/c9-2-5-4(3-15)1-6(7(10)14-5)16-8(11,12)13/h1,15H,2-3H2. The average molecular weight is 243 g/mol. The summed E-state index contributed by atoms with van der Waals surface area (Å²) in [5, 5.41) is 8.70. The zero-order valence-electron chi connectivity index (χ0n) is 7.68. The molecule has 0 amide bonds. The summed E-state index contributed by atoms with van der Waals surface area (Å²) < 4.78 is 63.8. The number of aliphatic hydroxyl groups excluding tert-OH is 1. The third kappa shape index (κ3) is 3.02. The first-order valence-electron chi connectivity index (χ1n) is 3.98. The third-order valence-corrected chi connectivity index (χ3v) is 1.64. The van der Waals surface area contributed by atoms with E-state index < -0.39 is 37.0 Å². The topological polar surface area (TPSA) is 42.4 Å². The number of rotatable bonds is 3. The van der Waals surface area contributed by atoms with Crippen LogP contribution in [0.3, 0.4) is 0 Å². The third-order valence-electron chi connectivity index (χ3n) is 1.64. The van der Waals surface area contributed by atoms with Gasteiger partial charge in [-0.15, -0.1) is 13.2 Å². The highest BCUT2D eigenvalue weighted by Gasteiger charge is 2.33. The van der Waals surface area contributed by atoms with E-state index in [1.807, 2.05) is 0 Å². The summed E-state index contributed by atoms with van der Waals surface area (Å²) >= 11 is 0. The lowest BCUT2D eigenvalue weighted by Crippen LogP contribution is -2.19. The molecule has 3 nitrogen and oxygen atoms in total. The van der Waals surface area contributed by atoms with Gasteiger partial charge in [0.2, 0.25) is 0 Å². The molecule has 0 spiro atoms. The van der Waals surface area contributed by atoms with Crippen molar-refractivity contribution in [3.05, 3.63) is 23.3 Å². The summed E-state index contributed by atoms with van der Waals surface area (Å²) in [5.74, 6) is -2.78. The number of pyridine rings is 1. The van der Waals surface area contributed by atoms with Crippen LogP contribution >= 0.6 is 0 Å². The molecule has 90 valence electrons. The van der Waals surface area contributed by atoms with Crippen LogP contribution in [0.15, 0.2) is 6.07 Å². The molecule has 0 atom stereocenters. The van der Waals surface area contributed by atoms with E-state index in [-0.39, 0.29) is 5.56 Å². The first-order chi connectivity index (χ1) is 7.37. The molecule has 1 heterocycles. The molecule has 0 aromatic carbocycles. The van der Waals surface area contributed by atoms with Gasteiger partial charge < -0.3 is 9.84 Å². The van der Waals surface area contributed by atoms with Crippen molar-refractivity contribution in [3.8, 4) is 5.75 Å². The Kier molecular flexibility index (Phi) is 3.63. The lowest BCUT2D eigenvalue weighted by atomic mass is 10.2. The minimum Gasteiger partial charge on any atom is -0.401 e. The van der Waals surface area contributed by atoms with Gasteiger partial charge in [-0.2, -0.15) is 4.39 Å². The van der Waals surface area contributed by atoms with Crippen LogP contribution < -0.4 is 4.74 Å². The van der Waals surface area contributed by atoms with Crippen LogP contribution in [-0.4, -0.2) is 16.5 Å². The fourth-order valence-electron chi connectivity index (χ4n) is 0.995. The highest BCUT2D eigenvalue weighted by Crippen LogP contribution is 2.26. The first-order valence-corrected chi connectivity index (χ1v) is 3.98. The molecular weight excluding hydrogens is 237 g/mol. The molecule has 1 aromatic heterocycles. The van der Waals surface area contributed by atoms with Crippen molar-refractivity contribution in [2.45, 2.75) is 19.6 Å². The Labute approximate surface area is 86.5 Å². The van der Waals surface area contributed by atoms with E-state index in [0.717, 1.165) is 0 Å². The summed E-state index contributed by atoms with van der Waals surface area (Å²) in [6.07, 6.45) is -5.08. The SMILES string of the molecule is OCc1cc(OC(F)(F)F)c(F)nc1CF. The van der Waals surface area contributed by atoms with Crippen molar-refractivity contribution < 1.29 is 31.8 Å². The number of hydrogen-bond donors (Lipinski definition) is 1. The van der Waals surface area contributed by atoms with Crippen LogP contribution in [-0.2, 0) is 13.3 Å². The van der Waals surface area contributed by atoms with Crippen molar-refractivity contribution in [1.82, 2.24) is 4.98 Å². The van der Waals surface area contributed by atoms with Gasteiger partial charge in [-0.05, 0) is 6.07 Å². The summed E-state index contributed by atoms with van der Waals surface area (Å²) in [6.45, 7) is -1.96. The predicted molar refractivity (Wildman–Crippen MR) is 41.6 cm³/mol. The van der Waals surface area contributed by atoms with Gasteiger partial charge in [0.05, 0.1) is 12.3 Å². The van der Waals surface area contributed by atoms with E-state index in [4.69, 9.17) is 5.11 Å². The van der Waals surface area contributed by atoms with Crippen LogP contribution in [0.2, 0.25) is 0 Å². The minimum atomic E-state index is -5.08. The number of aliphatic hydroxyl groups is 1. The Bertz CT molecular complexity index is 379. The second-order valence-corrected chi connectivity index (χ2v) is 2.72. The van der Waals surface area contributed by atoms with Gasteiger partial charge in [0, 0.05) is 5.56 Å².